The molecule has 0 N–H and O–H groups in total. The van der Waals surface area contributed by atoms with Crippen LogP contribution in [0.5, 0.6) is 0 Å². The van der Waals surface area contributed by atoms with Crippen LogP contribution in [-0.2, 0) is 14.8 Å². The molecule has 1 saturated heterocycles. The molecule has 0 aromatic heterocycles. The first-order valence-electron chi connectivity index (χ1n) is 10.1. The van der Waals surface area contributed by atoms with Gasteiger partial charge in [0.2, 0.25) is 5.91 Å². The quantitative estimate of drug-likeness (QED) is 0.671. The minimum atomic E-state index is -3.76. The van der Waals surface area contributed by atoms with E-state index in [1.165, 1.54) is 4.31 Å². The Kier molecular flexibility index (Phi) is 6.93. The van der Waals surface area contributed by atoms with Crippen LogP contribution in [0.25, 0.3) is 0 Å². The highest BCUT2D eigenvalue weighted by atomic mass is 35.5. The Labute approximate surface area is 184 Å². The van der Waals surface area contributed by atoms with Crippen molar-refractivity contribution in [3.8, 4) is 0 Å². The third-order valence-electron chi connectivity index (χ3n) is 5.17. The van der Waals surface area contributed by atoms with Crippen molar-refractivity contribution < 1.29 is 13.2 Å². The highest BCUT2D eigenvalue weighted by Gasteiger charge is 2.27. The summed E-state index contributed by atoms with van der Waals surface area (Å²) in [7, 11) is -3.76. The maximum absolute atomic E-state index is 13.4. The molecule has 6 nitrogen and oxygen atoms in total. The average molecular weight is 450 g/mol. The Hall–Kier alpha value is -2.25. The van der Waals surface area contributed by atoms with E-state index in [0.29, 0.717) is 30.3 Å². The van der Waals surface area contributed by atoms with Crippen LogP contribution in [0.1, 0.15) is 20.8 Å². The number of anilines is 2. The van der Waals surface area contributed by atoms with Crippen molar-refractivity contribution in [2.75, 3.05) is 41.9 Å². The number of rotatable bonds is 6. The fourth-order valence-corrected chi connectivity index (χ4v) is 5.48. The molecule has 1 amide bonds. The molecule has 0 bridgehead atoms. The zero-order valence-electron chi connectivity index (χ0n) is 17.6. The second kappa shape index (κ2) is 9.27. The topological polar surface area (TPSA) is 60.9 Å². The number of amides is 1. The predicted octanol–water partition coefficient (Wildman–Crippen LogP) is 3.86. The molecule has 1 heterocycles. The van der Waals surface area contributed by atoms with E-state index in [0.717, 1.165) is 18.8 Å². The Balaban J connectivity index is 1.84. The van der Waals surface area contributed by atoms with Crippen LogP contribution in [0.4, 0.5) is 11.4 Å². The summed E-state index contributed by atoms with van der Waals surface area (Å²) in [5.74, 6) is 0.216. The van der Waals surface area contributed by atoms with Gasteiger partial charge in [0.25, 0.3) is 10.0 Å². The van der Waals surface area contributed by atoms with Crippen molar-refractivity contribution in [1.29, 1.82) is 0 Å². The summed E-state index contributed by atoms with van der Waals surface area (Å²) < 4.78 is 28.3. The first-order valence-corrected chi connectivity index (χ1v) is 11.9. The number of halogens is 1. The molecule has 2 aromatic carbocycles. The lowest BCUT2D eigenvalue weighted by molar-refractivity contribution is -0.129. The van der Waals surface area contributed by atoms with Gasteiger partial charge in [0.05, 0.1) is 15.6 Å². The molecule has 2 aromatic rings. The van der Waals surface area contributed by atoms with Gasteiger partial charge >= 0.3 is 0 Å². The van der Waals surface area contributed by atoms with Gasteiger partial charge in [0.1, 0.15) is 0 Å². The van der Waals surface area contributed by atoms with Crippen molar-refractivity contribution >= 4 is 38.9 Å². The lowest BCUT2D eigenvalue weighted by Gasteiger charge is -2.35. The molecular weight excluding hydrogens is 422 g/mol. The van der Waals surface area contributed by atoms with E-state index < -0.39 is 10.0 Å². The Morgan fingerprint density at radius 2 is 1.63 bits per heavy atom. The van der Waals surface area contributed by atoms with Gasteiger partial charge in [-0.25, -0.2) is 8.42 Å². The highest BCUT2D eigenvalue weighted by Crippen LogP contribution is 2.31. The zero-order valence-corrected chi connectivity index (χ0v) is 19.2. The summed E-state index contributed by atoms with van der Waals surface area (Å²) in [6, 6.07) is 13.9. The van der Waals surface area contributed by atoms with Crippen molar-refractivity contribution in [1.82, 2.24) is 4.90 Å². The van der Waals surface area contributed by atoms with Gasteiger partial charge in [-0.3, -0.25) is 9.10 Å². The maximum Gasteiger partial charge on any atom is 0.264 e. The van der Waals surface area contributed by atoms with Crippen molar-refractivity contribution in [2.45, 2.75) is 25.7 Å². The van der Waals surface area contributed by atoms with Crippen molar-refractivity contribution in [3.05, 3.63) is 53.6 Å². The Morgan fingerprint density at radius 3 is 2.17 bits per heavy atom. The number of nitrogens with zero attached hydrogens (tertiary/aromatic N) is 3. The summed E-state index contributed by atoms with van der Waals surface area (Å²) in [4.78, 5) is 15.7. The van der Waals surface area contributed by atoms with E-state index in [9.17, 15) is 13.2 Å². The van der Waals surface area contributed by atoms with Crippen LogP contribution in [0.3, 0.4) is 0 Å². The van der Waals surface area contributed by atoms with E-state index in [-0.39, 0.29) is 16.7 Å². The van der Waals surface area contributed by atoms with E-state index in [2.05, 4.69) is 4.90 Å². The smallest absolute Gasteiger partial charge is 0.264 e. The molecule has 1 aliphatic heterocycles. The number of para-hydroxylation sites is 1. The largest absolute Gasteiger partial charge is 0.368 e. The number of hydrogen-bond acceptors (Lipinski definition) is 4. The van der Waals surface area contributed by atoms with E-state index in [4.69, 9.17) is 11.6 Å². The molecule has 30 heavy (non-hydrogen) atoms. The maximum atomic E-state index is 13.4. The van der Waals surface area contributed by atoms with Gasteiger partial charge in [-0.15, -0.1) is 0 Å². The molecule has 0 aliphatic carbocycles. The monoisotopic (exact) mass is 449 g/mol. The summed E-state index contributed by atoms with van der Waals surface area (Å²) in [6.07, 6.45) is 0. The molecular formula is C22H28ClN3O3S. The molecule has 8 heteroatoms. The van der Waals surface area contributed by atoms with Crippen LogP contribution in [0.2, 0.25) is 5.02 Å². The number of benzene rings is 2. The van der Waals surface area contributed by atoms with Gasteiger partial charge in [0, 0.05) is 45.3 Å². The van der Waals surface area contributed by atoms with E-state index in [1.54, 1.807) is 43.3 Å². The van der Waals surface area contributed by atoms with Crippen molar-refractivity contribution in [3.63, 3.8) is 0 Å². The molecule has 3 rings (SSSR count). The number of hydrogen-bond donors (Lipinski definition) is 0. The Morgan fingerprint density at radius 1 is 1.03 bits per heavy atom. The van der Waals surface area contributed by atoms with Crippen LogP contribution in [-0.4, -0.2) is 51.9 Å². The predicted molar refractivity (Wildman–Crippen MR) is 122 cm³/mol. The van der Waals surface area contributed by atoms with Crippen LogP contribution >= 0.6 is 11.6 Å². The number of piperazine rings is 1. The number of carbonyl (C=O) groups excluding carboxylic acids is 1. The van der Waals surface area contributed by atoms with Gasteiger partial charge in [-0.05, 0) is 42.3 Å². The summed E-state index contributed by atoms with van der Waals surface area (Å²) in [5, 5.41) is 0.404. The average Bonchev–Trinajstić information content (AvgIpc) is 2.72. The zero-order chi connectivity index (χ0) is 21.9. The fraction of sp³-hybridized carbons (Fsp3) is 0.409. The third-order valence-corrected chi connectivity index (χ3v) is 7.28. The molecule has 0 unspecified atom stereocenters. The lowest BCUT2D eigenvalue weighted by atomic mass is 10.2. The van der Waals surface area contributed by atoms with E-state index in [1.807, 2.05) is 30.9 Å². The summed E-state index contributed by atoms with van der Waals surface area (Å²) >= 11 is 6.32. The number of carbonyl (C=O) groups is 1. The molecule has 1 fully saturated rings. The fourth-order valence-electron chi connectivity index (χ4n) is 3.55. The van der Waals surface area contributed by atoms with Crippen molar-refractivity contribution in [2.24, 2.45) is 5.92 Å². The normalized spacial score (nSPS) is 14.8. The van der Waals surface area contributed by atoms with Gasteiger partial charge < -0.3 is 9.80 Å². The second-order valence-corrected chi connectivity index (χ2v) is 10.1. The molecule has 162 valence electrons. The van der Waals surface area contributed by atoms with Gasteiger partial charge in [-0.2, -0.15) is 0 Å². The van der Waals surface area contributed by atoms with Gasteiger partial charge in [0.15, 0.2) is 0 Å². The Bertz CT molecular complexity index is 985. The minimum absolute atomic E-state index is 0.0842. The molecule has 0 spiro atoms. The highest BCUT2D eigenvalue weighted by molar-refractivity contribution is 7.92. The molecule has 0 atom stereocenters. The lowest BCUT2D eigenvalue weighted by Crippen LogP contribution is -2.48. The summed E-state index contributed by atoms with van der Waals surface area (Å²) in [6.45, 7) is 8.66. The summed E-state index contributed by atoms with van der Waals surface area (Å²) in [5.41, 5.74) is 1.43. The third kappa shape index (κ3) is 4.90. The first-order chi connectivity index (χ1) is 14.2. The standard InChI is InChI=1S/C22H28ClN3O3S/c1-17(2)16-26(22-7-5-4-6-21(22)23)30(28,29)20-10-8-19(9-11-20)25-14-12-24(13-15-25)18(3)27/h4-11,17H,12-16H2,1-3H3. The van der Waals surface area contributed by atoms with Gasteiger partial charge in [-0.1, -0.05) is 37.6 Å². The SMILES string of the molecule is CC(=O)N1CCN(c2ccc(S(=O)(=O)N(CC(C)C)c3ccccc3Cl)cc2)CC1. The first kappa shape index (κ1) is 22.4. The van der Waals surface area contributed by atoms with E-state index >= 15 is 0 Å². The number of sulfonamides is 1. The molecule has 1 aliphatic rings. The molecule has 0 radical (unpaired) electrons. The molecule has 0 saturated carbocycles. The van der Waals surface area contributed by atoms with Crippen LogP contribution < -0.4 is 9.21 Å². The second-order valence-electron chi connectivity index (χ2n) is 7.87. The minimum Gasteiger partial charge on any atom is -0.368 e. The van der Waals surface area contributed by atoms with Crippen LogP contribution in [0, 0.1) is 5.92 Å². The van der Waals surface area contributed by atoms with Crippen LogP contribution in [0.15, 0.2) is 53.4 Å².